The van der Waals surface area contributed by atoms with Crippen LogP contribution in [-0.2, 0) is 9.59 Å². The van der Waals surface area contributed by atoms with E-state index in [1.807, 2.05) is 61.2 Å². The topological polar surface area (TPSA) is 61.9 Å². The molecular weight excluding hydrogens is 398 g/mol. The Morgan fingerprint density at radius 1 is 1.00 bits per heavy atom. The van der Waals surface area contributed by atoms with Crippen molar-refractivity contribution in [1.82, 2.24) is 4.90 Å². The summed E-state index contributed by atoms with van der Waals surface area (Å²) in [5.41, 5.74) is 4.17. The summed E-state index contributed by atoms with van der Waals surface area (Å²) in [6.07, 6.45) is 0. The molecule has 1 aliphatic heterocycles. The minimum absolute atomic E-state index is 0.0796. The van der Waals surface area contributed by atoms with E-state index in [1.165, 1.54) is 11.8 Å². The fraction of sp³-hybridized carbons (Fsp3) is 0.391. The molecule has 30 heavy (non-hydrogen) atoms. The number of ether oxygens (including phenoxy) is 1. The predicted molar refractivity (Wildman–Crippen MR) is 124 cm³/mol. The fourth-order valence-corrected chi connectivity index (χ4v) is 4.19. The molecule has 2 aromatic carbocycles. The van der Waals surface area contributed by atoms with Crippen molar-refractivity contribution in [3.05, 3.63) is 53.6 Å². The summed E-state index contributed by atoms with van der Waals surface area (Å²) in [5, 5.41) is 2.92. The number of carbonyl (C=O) groups excluding carboxylic acids is 2. The molecule has 1 fully saturated rings. The molecule has 1 aliphatic rings. The molecule has 0 atom stereocenters. The highest BCUT2D eigenvalue weighted by atomic mass is 32.2. The second-order valence-electron chi connectivity index (χ2n) is 7.43. The summed E-state index contributed by atoms with van der Waals surface area (Å²) in [6, 6.07) is 13.9. The van der Waals surface area contributed by atoms with Crippen molar-refractivity contribution in [2.45, 2.75) is 13.8 Å². The van der Waals surface area contributed by atoms with E-state index in [9.17, 15) is 9.59 Å². The van der Waals surface area contributed by atoms with Crippen molar-refractivity contribution in [3.63, 3.8) is 0 Å². The molecule has 1 saturated heterocycles. The first-order chi connectivity index (χ1) is 14.5. The van der Waals surface area contributed by atoms with Crippen molar-refractivity contribution in [2.24, 2.45) is 0 Å². The largest absolute Gasteiger partial charge is 0.497 e. The van der Waals surface area contributed by atoms with Crippen LogP contribution in [0.2, 0.25) is 0 Å². The lowest BCUT2D eigenvalue weighted by molar-refractivity contribution is -0.128. The summed E-state index contributed by atoms with van der Waals surface area (Å²) in [4.78, 5) is 28.8. The lowest BCUT2D eigenvalue weighted by Gasteiger charge is -2.36. The van der Waals surface area contributed by atoms with Gasteiger partial charge in [-0.15, -0.1) is 11.8 Å². The van der Waals surface area contributed by atoms with E-state index in [4.69, 9.17) is 4.74 Å². The Balaban J connectivity index is 1.38. The number of anilines is 2. The van der Waals surface area contributed by atoms with E-state index in [2.05, 4.69) is 10.2 Å². The van der Waals surface area contributed by atoms with Gasteiger partial charge in [-0.1, -0.05) is 17.7 Å². The van der Waals surface area contributed by atoms with Crippen molar-refractivity contribution in [2.75, 3.05) is 55.0 Å². The van der Waals surface area contributed by atoms with Crippen LogP contribution in [0.3, 0.4) is 0 Å². The maximum absolute atomic E-state index is 12.5. The monoisotopic (exact) mass is 427 g/mol. The minimum atomic E-state index is -0.0796. The Morgan fingerprint density at radius 2 is 1.70 bits per heavy atom. The molecule has 0 unspecified atom stereocenters. The molecule has 6 nitrogen and oxygen atoms in total. The van der Waals surface area contributed by atoms with Gasteiger partial charge < -0.3 is 19.9 Å². The average Bonchev–Trinajstić information content (AvgIpc) is 2.76. The highest BCUT2D eigenvalue weighted by molar-refractivity contribution is 8.00. The number of amides is 2. The van der Waals surface area contributed by atoms with Crippen LogP contribution in [-0.4, -0.2) is 61.5 Å². The third-order valence-electron chi connectivity index (χ3n) is 5.18. The third-order valence-corrected chi connectivity index (χ3v) is 6.10. The predicted octanol–water partition coefficient (Wildman–Crippen LogP) is 3.33. The van der Waals surface area contributed by atoms with Crippen molar-refractivity contribution in [1.29, 1.82) is 0 Å². The molecule has 3 rings (SSSR count). The van der Waals surface area contributed by atoms with Crippen LogP contribution in [0.5, 0.6) is 5.75 Å². The first-order valence-electron chi connectivity index (χ1n) is 10.1. The second-order valence-corrected chi connectivity index (χ2v) is 8.41. The van der Waals surface area contributed by atoms with Crippen LogP contribution in [0.25, 0.3) is 0 Å². The van der Waals surface area contributed by atoms with Crippen LogP contribution >= 0.6 is 11.8 Å². The third kappa shape index (κ3) is 5.92. The molecule has 2 aromatic rings. The SMILES string of the molecule is COc1ccc(N2CCN(C(=O)CSCC(=O)Nc3ccc(C)cc3C)CC2)cc1. The van der Waals surface area contributed by atoms with E-state index >= 15 is 0 Å². The first-order valence-corrected chi connectivity index (χ1v) is 11.2. The molecule has 160 valence electrons. The van der Waals surface area contributed by atoms with Crippen LogP contribution in [0.15, 0.2) is 42.5 Å². The number of aryl methyl sites for hydroxylation is 2. The molecule has 1 heterocycles. The lowest BCUT2D eigenvalue weighted by atomic mass is 10.1. The summed E-state index contributed by atoms with van der Waals surface area (Å²) in [6.45, 7) is 6.99. The average molecular weight is 428 g/mol. The molecule has 0 aliphatic carbocycles. The maximum atomic E-state index is 12.5. The van der Waals surface area contributed by atoms with Gasteiger partial charge in [0.15, 0.2) is 0 Å². The number of rotatable bonds is 7. The molecule has 2 amide bonds. The Bertz CT molecular complexity index is 878. The number of hydrogen-bond donors (Lipinski definition) is 1. The standard InChI is InChI=1S/C23H29N3O3S/c1-17-4-9-21(18(2)14-17)24-22(27)15-30-16-23(28)26-12-10-25(11-13-26)19-5-7-20(29-3)8-6-19/h4-9,14H,10-13,15-16H2,1-3H3,(H,24,27). The van der Waals surface area contributed by atoms with Crippen molar-refractivity contribution >= 4 is 35.0 Å². The van der Waals surface area contributed by atoms with E-state index in [0.717, 1.165) is 41.3 Å². The van der Waals surface area contributed by atoms with Crippen molar-refractivity contribution < 1.29 is 14.3 Å². The Hall–Kier alpha value is -2.67. The number of methoxy groups -OCH3 is 1. The van der Waals surface area contributed by atoms with Crippen LogP contribution in [0.1, 0.15) is 11.1 Å². The number of nitrogens with zero attached hydrogens (tertiary/aromatic N) is 2. The fourth-order valence-electron chi connectivity index (χ4n) is 3.47. The van der Waals surface area contributed by atoms with Crippen LogP contribution in [0, 0.1) is 13.8 Å². The molecular formula is C23H29N3O3S. The minimum Gasteiger partial charge on any atom is -0.497 e. The molecule has 1 N–H and O–H groups in total. The van der Waals surface area contributed by atoms with Gasteiger partial charge in [-0.25, -0.2) is 0 Å². The second kappa shape index (κ2) is 10.4. The number of benzene rings is 2. The van der Waals surface area contributed by atoms with E-state index in [0.29, 0.717) is 18.8 Å². The van der Waals surface area contributed by atoms with Gasteiger partial charge in [-0.05, 0) is 49.7 Å². The summed E-state index contributed by atoms with van der Waals surface area (Å²) < 4.78 is 5.20. The highest BCUT2D eigenvalue weighted by Crippen LogP contribution is 2.21. The Kier molecular flexibility index (Phi) is 7.63. The summed E-state index contributed by atoms with van der Waals surface area (Å²) >= 11 is 1.36. The van der Waals surface area contributed by atoms with Gasteiger partial charge in [0, 0.05) is 37.6 Å². The van der Waals surface area contributed by atoms with Gasteiger partial charge in [0.1, 0.15) is 5.75 Å². The molecule has 0 saturated carbocycles. The van der Waals surface area contributed by atoms with Crippen LogP contribution < -0.4 is 15.0 Å². The van der Waals surface area contributed by atoms with Gasteiger partial charge in [0.05, 0.1) is 18.6 Å². The Labute approximate surface area is 182 Å². The number of hydrogen-bond acceptors (Lipinski definition) is 5. The van der Waals surface area contributed by atoms with Gasteiger partial charge in [0.25, 0.3) is 0 Å². The normalized spacial score (nSPS) is 13.8. The van der Waals surface area contributed by atoms with Crippen molar-refractivity contribution in [3.8, 4) is 5.75 Å². The van der Waals surface area contributed by atoms with Crippen LogP contribution in [0.4, 0.5) is 11.4 Å². The lowest BCUT2D eigenvalue weighted by Crippen LogP contribution is -2.49. The molecule has 0 bridgehead atoms. The van der Waals surface area contributed by atoms with E-state index < -0.39 is 0 Å². The maximum Gasteiger partial charge on any atom is 0.234 e. The van der Waals surface area contributed by atoms with Gasteiger partial charge in [-0.3, -0.25) is 9.59 Å². The molecule has 7 heteroatoms. The van der Waals surface area contributed by atoms with E-state index in [1.54, 1.807) is 7.11 Å². The van der Waals surface area contributed by atoms with Gasteiger partial charge in [-0.2, -0.15) is 0 Å². The van der Waals surface area contributed by atoms with Gasteiger partial charge in [0.2, 0.25) is 11.8 Å². The molecule has 0 radical (unpaired) electrons. The summed E-state index contributed by atoms with van der Waals surface area (Å²) in [7, 11) is 1.66. The smallest absolute Gasteiger partial charge is 0.234 e. The first kappa shape index (κ1) is 22.0. The highest BCUT2D eigenvalue weighted by Gasteiger charge is 2.21. The number of nitrogens with one attached hydrogen (secondary N) is 1. The summed E-state index contributed by atoms with van der Waals surface area (Å²) in [5.74, 6) is 1.44. The van der Waals surface area contributed by atoms with Gasteiger partial charge >= 0.3 is 0 Å². The van der Waals surface area contributed by atoms with E-state index in [-0.39, 0.29) is 17.6 Å². The number of carbonyl (C=O) groups is 2. The molecule has 0 aromatic heterocycles. The zero-order chi connectivity index (χ0) is 21.5. The zero-order valence-electron chi connectivity index (χ0n) is 17.8. The zero-order valence-corrected chi connectivity index (χ0v) is 18.6. The Morgan fingerprint density at radius 3 is 2.33 bits per heavy atom. The number of piperazine rings is 1. The number of thioether (sulfide) groups is 1. The molecule has 0 spiro atoms. The quantitative estimate of drug-likeness (QED) is 0.734.